The molecule has 0 spiro atoms. The van der Waals surface area contributed by atoms with Gasteiger partial charge in [0.25, 0.3) is 5.91 Å². The van der Waals surface area contributed by atoms with Gasteiger partial charge >= 0.3 is 0 Å². The van der Waals surface area contributed by atoms with Crippen LogP contribution in [0.2, 0.25) is 0 Å². The van der Waals surface area contributed by atoms with E-state index >= 15 is 0 Å². The third-order valence-electron chi connectivity index (χ3n) is 6.54. The van der Waals surface area contributed by atoms with E-state index in [4.69, 9.17) is 4.74 Å². The summed E-state index contributed by atoms with van der Waals surface area (Å²) in [7, 11) is 7.23. The lowest BCUT2D eigenvalue weighted by molar-refractivity contribution is -0.117. The van der Waals surface area contributed by atoms with Crippen LogP contribution in [-0.2, 0) is 4.79 Å². The second kappa shape index (κ2) is 11.0. The number of nitrogens with one attached hydrogen (secondary N) is 3. The molecule has 0 atom stereocenters. The molecular formula is C25H31B3N8O3. The average Bonchev–Trinajstić information content (AvgIpc) is 3.62. The minimum atomic E-state index is -0.481. The van der Waals surface area contributed by atoms with Crippen molar-refractivity contribution in [2.24, 2.45) is 5.92 Å². The highest BCUT2D eigenvalue weighted by molar-refractivity contribution is 6.60. The van der Waals surface area contributed by atoms with E-state index < -0.39 is 11.1 Å². The molecule has 0 radical (unpaired) electrons. The van der Waals surface area contributed by atoms with E-state index in [1.54, 1.807) is 13.2 Å². The summed E-state index contributed by atoms with van der Waals surface area (Å²) in [5, 5.41) is 16.8. The molecule has 2 aromatic heterocycles. The molecule has 198 valence electrons. The van der Waals surface area contributed by atoms with Crippen molar-refractivity contribution in [2.45, 2.75) is 30.9 Å². The Morgan fingerprint density at radius 1 is 1.05 bits per heavy atom. The second-order valence-electron chi connectivity index (χ2n) is 10.9. The largest absolute Gasteiger partial charge is 0.494 e. The predicted octanol–water partition coefficient (Wildman–Crippen LogP) is -0.125. The van der Waals surface area contributed by atoms with Crippen LogP contribution in [0, 0.1) is 5.92 Å². The van der Waals surface area contributed by atoms with E-state index in [0.29, 0.717) is 28.5 Å². The van der Waals surface area contributed by atoms with Gasteiger partial charge in [-0.3, -0.25) is 9.59 Å². The predicted molar refractivity (Wildman–Crippen MR) is 158 cm³/mol. The van der Waals surface area contributed by atoms with E-state index in [1.165, 1.54) is 12.8 Å². The lowest BCUT2D eigenvalue weighted by atomic mass is 9.49. The molecule has 39 heavy (non-hydrogen) atoms. The van der Waals surface area contributed by atoms with Gasteiger partial charge in [-0.1, -0.05) is 6.07 Å². The summed E-state index contributed by atoms with van der Waals surface area (Å²) < 4.78 is 5.79. The number of nitrogens with zero attached hydrogens (tertiary/aromatic N) is 5. The van der Waals surface area contributed by atoms with Crippen molar-refractivity contribution in [3.05, 3.63) is 42.4 Å². The molecule has 11 nitrogen and oxygen atoms in total. The highest BCUT2D eigenvalue weighted by atomic mass is 16.5. The molecule has 0 bridgehead atoms. The Balaban J connectivity index is 1.47. The number of anilines is 4. The summed E-state index contributed by atoms with van der Waals surface area (Å²) in [6, 6.07) is 7.18. The van der Waals surface area contributed by atoms with Crippen LogP contribution >= 0.6 is 0 Å². The van der Waals surface area contributed by atoms with Gasteiger partial charge in [0.05, 0.1) is 42.1 Å². The molecule has 5 rings (SSSR count). The third kappa shape index (κ3) is 6.32. The maximum atomic E-state index is 13.1. The Hall–Kier alpha value is -4.09. The van der Waals surface area contributed by atoms with Crippen LogP contribution in [0.25, 0.3) is 11.4 Å². The number of aromatic nitrogens is 4. The normalized spacial score (nSPS) is 15.1. The van der Waals surface area contributed by atoms with Crippen LogP contribution < -0.4 is 25.6 Å². The first-order chi connectivity index (χ1) is 18.7. The lowest BCUT2D eigenvalue weighted by Gasteiger charge is -2.22. The number of carbonyl (C=O) groups excluding carboxylic acids is 2. The molecule has 1 saturated carbocycles. The van der Waals surface area contributed by atoms with Crippen molar-refractivity contribution >= 4 is 58.2 Å². The number of amides is 2. The van der Waals surface area contributed by atoms with Gasteiger partial charge in [-0.15, -0.1) is 10.2 Å². The number of hydrogen-bond acceptors (Lipinski definition) is 9. The molecule has 0 unspecified atom stereocenters. The monoisotopic (exact) mass is 524 g/mol. The Bertz CT molecular complexity index is 1370. The molecular weight excluding hydrogens is 493 g/mol. The Morgan fingerprint density at radius 2 is 1.77 bits per heavy atom. The quantitative estimate of drug-likeness (QED) is 0.328. The van der Waals surface area contributed by atoms with Crippen LogP contribution in [0.1, 0.15) is 36.2 Å². The summed E-state index contributed by atoms with van der Waals surface area (Å²) in [5.74, 6) is 0.798. The first-order valence-corrected chi connectivity index (χ1v) is 13.2. The van der Waals surface area contributed by atoms with Crippen molar-refractivity contribution in [2.75, 3.05) is 35.7 Å². The smallest absolute Gasteiger partial charge is 0.272 e. The maximum Gasteiger partial charge on any atom is 0.272 e. The first kappa shape index (κ1) is 26.5. The van der Waals surface area contributed by atoms with E-state index in [9.17, 15) is 9.59 Å². The van der Waals surface area contributed by atoms with Gasteiger partial charge in [0.2, 0.25) is 5.91 Å². The zero-order valence-electron chi connectivity index (χ0n) is 22.7. The van der Waals surface area contributed by atoms with Crippen LogP contribution in [0.3, 0.4) is 0 Å². The van der Waals surface area contributed by atoms with Gasteiger partial charge in [-0.05, 0) is 43.1 Å². The van der Waals surface area contributed by atoms with Crippen molar-refractivity contribution in [3.63, 3.8) is 0 Å². The van der Waals surface area contributed by atoms with Gasteiger partial charge in [0.15, 0.2) is 23.1 Å². The Morgan fingerprint density at radius 3 is 2.41 bits per heavy atom. The number of hydrogen-bond donors (Lipinski definition) is 3. The molecule has 3 aromatic rings. The van der Waals surface area contributed by atoms with Crippen LogP contribution in [0.5, 0.6) is 5.75 Å². The summed E-state index contributed by atoms with van der Waals surface area (Å²) in [6.07, 6.45) is 7.75. The zero-order valence-corrected chi connectivity index (χ0v) is 22.7. The van der Waals surface area contributed by atoms with Crippen LogP contribution in [-0.4, -0.2) is 81.0 Å². The van der Waals surface area contributed by atoms with Gasteiger partial charge in [-0.25, -0.2) is 9.97 Å². The molecule has 1 aliphatic carbocycles. The van der Waals surface area contributed by atoms with E-state index in [2.05, 4.69) is 41.0 Å². The fourth-order valence-corrected chi connectivity index (χ4v) is 4.46. The van der Waals surface area contributed by atoms with E-state index in [1.807, 2.05) is 54.1 Å². The highest BCUT2D eigenvalue weighted by Crippen LogP contribution is 2.37. The van der Waals surface area contributed by atoms with Crippen LogP contribution in [0.4, 0.5) is 22.9 Å². The van der Waals surface area contributed by atoms with E-state index in [0.717, 1.165) is 31.6 Å². The third-order valence-corrected chi connectivity index (χ3v) is 6.54. The molecule has 1 aromatic carbocycles. The number of rotatable bonds is 9. The minimum absolute atomic E-state index is 0.000655. The zero-order chi connectivity index (χ0) is 27.6. The first-order valence-electron chi connectivity index (χ1n) is 13.2. The summed E-state index contributed by atoms with van der Waals surface area (Å²) >= 11 is 0. The number of methoxy groups -OCH3 is 1. The van der Waals surface area contributed by atoms with Gasteiger partial charge < -0.3 is 25.6 Å². The van der Waals surface area contributed by atoms with Crippen molar-refractivity contribution < 1.29 is 14.3 Å². The summed E-state index contributed by atoms with van der Waals surface area (Å²) in [6.45, 7) is 2.03. The number of carbonyl (C=O) groups is 2. The maximum absolute atomic E-state index is 13.1. The molecule has 1 saturated heterocycles. The van der Waals surface area contributed by atoms with E-state index in [-0.39, 0.29) is 23.3 Å². The number of benzene rings is 1. The second-order valence-corrected chi connectivity index (χ2v) is 10.9. The Kier molecular flexibility index (Phi) is 7.45. The van der Waals surface area contributed by atoms with Crippen molar-refractivity contribution in [1.82, 2.24) is 25.5 Å². The fraction of sp³-hybridized carbons (Fsp3) is 0.360. The molecule has 14 heteroatoms. The molecule has 2 amide bonds. The number of para-hydroxylation sites is 1. The van der Waals surface area contributed by atoms with Crippen LogP contribution in [0.15, 0.2) is 36.7 Å². The molecule has 1 aliphatic heterocycles. The topological polar surface area (TPSA) is 134 Å². The fourth-order valence-electron chi connectivity index (χ4n) is 4.46. The van der Waals surface area contributed by atoms with Gasteiger partial charge in [0, 0.05) is 25.1 Å². The minimum Gasteiger partial charge on any atom is -0.494 e. The number of ether oxygens (including phenoxy) is 1. The Labute approximate surface area is 230 Å². The van der Waals surface area contributed by atoms with Gasteiger partial charge in [-0.2, -0.15) is 0 Å². The molecule has 3 heterocycles. The molecule has 2 aliphatic rings. The summed E-state index contributed by atoms with van der Waals surface area (Å²) in [5.41, 5.74) is 2.74. The molecule has 2 fully saturated rings. The van der Waals surface area contributed by atoms with Gasteiger partial charge in [0.1, 0.15) is 23.5 Å². The molecule has 3 N–H and O–H groups in total. The lowest BCUT2D eigenvalue weighted by Crippen LogP contribution is -2.50. The SMILES string of the molecule is BC(B)(B)NC(=O)c1nnc(NC(=O)C2CC2)cc1Nc1cccc(-c2ncc(N3CCCC3)cn2)c1OC. The van der Waals surface area contributed by atoms with Crippen molar-refractivity contribution in [3.8, 4) is 17.1 Å². The summed E-state index contributed by atoms with van der Waals surface area (Å²) in [4.78, 5) is 37.0. The van der Waals surface area contributed by atoms with Crippen molar-refractivity contribution in [1.29, 1.82) is 0 Å². The average molecular weight is 524 g/mol. The standard InChI is InChI=1S/C25H31B3N8O3/c1-39-21-16(22-29-12-15(13-30-22)36-9-2-3-10-36)5-4-6-17(21)31-18-11-19(32-23(37)14-7-8-14)34-35-20(18)24(38)33-25(26,27)28/h4-6,11-14H,2-3,7-10,26-28H2,1H3,(H,33,38)(H2,31,32,34,37). The highest BCUT2D eigenvalue weighted by Gasteiger charge is 2.30.